The summed E-state index contributed by atoms with van der Waals surface area (Å²) in [5.74, 6) is -0.317. The zero-order chi connectivity index (χ0) is 17.0. The van der Waals surface area contributed by atoms with Crippen LogP contribution in [0.25, 0.3) is 0 Å². The Morgan fingerprint density at radius 3 is 2.35 bits per heavy atom. The molecule has 0 aromatic rings. The summed E-state index contributed by atoms with van der Waals surface area (Å²) in [5.41, 5.74) is -0.567. The first-order valence-corrected chi connectivity index (χ1v) is 8.72. The average molecular weight is 326 g/mol. The molecule has 23 heavy (non-hydrogen) atoms. The van der Waals surface area contributed by atoms with Crippen LogP contribution in [0, 0.1) is 0 Å². The van der Waals surface area contributed by atoms with Crippen molar-refractivity contribution >= 4 is 12.1 Å². The van der Waals surface area contributed by atoms with Gasteiger partial charge in [-0.05, 0) is 66.5 Å². The van der Waals surface area contributed by atoms with Crippen LogP contribution in [0.5, 0.6) is 0 Å². The number of ether oxygens (including phenoxy) is 2. The normalized spacial score (nSPS) is 26.2. The van der Waals surface area contributed by atoms with Gasteiger partial charge in [0.1, 0.15) is 11.6 Å². The molecule has 6 nitrogen and oxygen atoms in total. The van der Waals surface area contributed by atoms with E-state index in [1.54, 1.807) is 11.8 Å². The minimum absolute atomic E-state index is 0.317. The molecule has 0 aromatic carbocycles. The Balaban J connectivity index is 2.07. The Kier molecular flexibility index (Phi) is 5.89. The molecule has 2 atom stereocenters. The Morgan fingerprint density at radius 2 is 1.78 bits per heavy atom. The number of hydrogen-bond donors (Lipinski definition) is 0. The van der Waals surface area contributed by atoms with Crippen LogP contribution in [0.1, 0.15) is 53.4 Å². The number of carbonyl (C=O) groups excluding carboxylic acids is 2. The number of amides is 1. The molecule has 132 valence electrons. The third kappa shape index (κ3) is 4.83. The topological polar surface area (TPSA) is 59.1 Å². The van der Waals surface area contributed by atoms with Gasteiger partial charge >= 0.3 is 12.1 Å². The van der Waals surface area contributed by atoms with Gasteiger partial charge < -0.3 is 14.4 Å². The maximum Gasteiger partial charge on any atom is 0.411 e. The van der Waals surface area contributed by atoms with Gasteiger partial charge in [0.15, 0.2) is 0 Å². The second kappa shape index (κ2) is 7.51. The van der Waals surface area contributed by atoms with Gasteiger partial charge in [-0.3, -0.25) is 4.90 Å². The molecule has 0 radical (unpaired) electrons. The maximum atomic E-state index is 12.4. The Bertz CT molecular complexity index is 427. The van der Waals surface area contributed by atoms with Crippen LogP contribution < -0.4 is 0 Å². The van der Waals surface area contributed by atoms with Crippen LogP contribution in [0.3, 0.4) is 0 Å². The minimum Gasteiger partial charge on any atom is -0.464 e. The van der Waals surface area contributed by atoms with E-state index < -0.39 is 17.7 Å². The lowest BCUT2D eigenvalue weighted by atomic mass is 9.96. The highest BCUT2D eigenvalue weighted by Gasteiger charge is 2.41. The average Bonchev–Trinajstić information content (AvgIpc) is 2.99. The molecule has 2 fully saturated rings. The Hall–Kier alpha value is -1.30. The van der Waals surface area contributed by atoms with Gasteiger partial charge in [0.05, 0.1) is 6.61 Å². The van der Waals surface area contributed by atoms with Crippen LogP contribution in [-0.2, 0) is 14.3 Å². The molecule has 0 N–H and O–H groups in total. The molecule has 2 unspecified atom stereocenters. The standard InChI is InChI=1S/C17H30N2O4/c1-5-22-15(20)14-12-13(18-9-6-7-10-18)8-11-19(14)16(21)23-17(2,3)4/h13-14H,5-12H2,1-4H3. The van der Waals surface area contributed by atoms with Crippen LogP contribution in [0.15, 0.2) is 0 Å². The van der Waals surface area contributed by atoms with Crippen molar-refractivity contribution in [3.05, 3.63) is 0 Å². The van der Waals surface area contributed by atoms with E-state index in [4.69, 9.17) is 9.47 Å². The first-order chi connectivity index (χ1) is 10.8. The first kappa shape index (κ1) is 18.0. The van der Waals surface area contributed by atoms with Crippen molar-refractivity contribution in [1.82, 2.24) is 9.80 Å². The summed E-state index contributed by atoms with van der Waals surface area (Å²) in [7, 11) is 0. The number of rotatable bonds is 3. The fourth-order valence-electron chi connectivity index (χ4n) is 3.39. The van der Waals surface area contributed by atoms with Gasteiger partial charge in [0, 0.05) is 12.6 Å². The summed E-state index contributed by atoms with van der Waals surface area (Å²) in [6.07, 6.45) is 3.54. The van der Waals surface area contributed by atoms with E-state index in [0.717, 1.165) is 19.5 Å². The molecule has 0 spiro atoms. The zero-order valence-corrected chi connectivity index (χ0v) is 14.8. The van der Waals surface area contributed by atoms with Crippen LogP contribution in [0.2, 0.25) is 0 Å². The molecule has 2 aliphatic rings. The van der Waals surface area contributed by atoms with Crippen molar-refractivity contribution in [1.29, 1.82) is 0 Å². The number of esters is 1. The van der Waals surface area contributed by atoms with Crippen molar-refractivity contribution in [3.63, 3.8) is 0 Å². The summed E-state index contributed by atoms with van der Waals surface area (Å²) >= 11 is 0. The lowest BCUT2D eigenvalue weighted by Crippen LogP contribution is -2.55. The van der Waals surface area contributed by atoms with Crippen LogP contribution in [0.4, 0.5) is 4.79 Å². The van der Waals surface area contributed by atoms with Gasteiger partial charge in [0.2, 0.25) is 0 Å². The molecule has 2 heterocycles. The fraction of sp³-hybridized carbons (Fsp3) is 0.882. The molecule has 2 rings (SSSR count). The van der Waals surface area contributed by atoms with E-state index in [9.17, 15) is 9.59 Å². The summed E-state index contributed by atoms with van der Waals surface area (Å²) in [6.45, 7) is 10.3. The Morgan fingerprint density at radius 1 is 1.13 bits per heavy atom. The monoisotopic (exact) mass is 326 g/mol. The quantitative estimate of drug-likeness (QED) is 0.746. The SMILES string of the molecule is CCOC(=O)C1CC(N2CCCC2)CCN1C(=O)OC(C)(C)C. The number of likely N-dealkylation sites (tertiary alicyclic amines) is 2. The van der Waals surface area contributed by atoms with E-state index in [-0.39, 0.29) is 5.97 Å². The zero-order valence-electron chi connectivity index (χ0n) is 14.8. The van der Waals surface area contributed by atoms with Crippen molar-refractivity contribution in [2.45, 2.75) is 71.1 Å². The second-order valence-corrected chi connectivity index (χ2v) is 7.36. The smallest absolute Gasteiger partial charge is 0.411 e. The third-order valence-electron chi connectivity index (χ3n) is 4.42. The van der Waals surface area contributed by atoms with Crippen molar-refractivity contribution < 1.29 is 19.1 Å². The second-order valence-electron chi connectivity index (χ2n) is 7.36. The lowest BCUT2D eigenvalue weighted by molar-refractivity contribution is -0.151. The fourth-order valence-corrected chi connectivity index (χ4v) is 3.39. The van der Waals surface area contributed by atoms with E-state index in [0.29, 0.717) is 25.6 Å². The van der Waals surface area contributed by atoms with Crippen molar-refractivity contribution in [2.24, 2.45) is 0 Å². The van der Waals surface area contributed by atoms with Crippen molar-refractivity contribution in [3.8, 4) is 0 Å². The molecule has 0 aliphatic carbocycles. The lowest BCUT2D eigenvalue weighted by Gasteiger charge is -2.41. The van der Waals surface area contributed by atoms with Gasteiger partial charge in [-0.15, -0.1) is 0 Å². The molecule has 2 aliphatic heterocycles. The number of carbonyl (C=O) groups is 2. The Labute approximate surface area is 139 Å². The number of nitrogens with zero attached hydrogens (tertiary/aromatic N) is 2. The third-order valence-corrected chi connectivity index (χ3v) is 4.42. The number of piperidine rings is 1. The molecule has 0 saturated carbocycles. The van der Waals surface area contributed by atoms with Gasteiger partial charge in [-0.1, -0.05) is 0 Å². The molecule has 0 bridgehead atoms. The number of hydrogen-bond acceptors (Lipinski definition) is 5. The highest BCUT2D eigenvalue weighted by molar-refractivity contribution is 5.82. The van der Waals surface area contributed by atoms with Crippen molar-refractivity contribution in [2.75, 3.05) is 26.2 Å². The largest absolute Gasteiger partial charge is 0.464 e. The molecule has 1 amide bonds. The highest BCUT2D eigenvalue weighted by Crippen LogP contribution is 2.27. The molecule has 6 heteroatoms. The minimum atomic E-state index is -0.567. The summed E-state index contributed by atoms with van der Waals surface area (Å²) < 4.78 is 10.7. The maximum absolute atomic E-state index is 12.4. The molecule has 2 saturated heterocycles. The van der Waals surface area contributed by atoms with E-state index in [1.165, 1.54) is 12.8 Å². The van der Waals surface area contributed by atoms with Crippen LogP contribution >= 0.6 is 0 Å². The predicted molar refractivity (Wildman–Crippen MR) is 87.2 cm³/mol. The van der Waals surface area contributed by atoms with Gasteiger partial charge in [0.25, 0.3) is 0 Å². The predicted octanol–water partition coefficient (Wildman–Crippen LogP) is 2.41. The highest BCUT2D eigenvalue weighted by atomic mass is 16.6. The summed E-state index contributed by atoms with van der Waals surface area (Å²) in [6, 6.07) is -0.185. The van der Waals surface area contributed by atoms with E-state index >= 15 is 0 Å². The summed E-state index contributed by atoms with van der Waals surface area (Å²) in [5, 5.41) is 0. The van der Waals surface area contributed by atoms with Crippen LogP contribution in [-0.4, -0.2) is 65.8 Å². The molecule has 0 aromatic heterocycles. The summed E-state index contributed by atoms with van der Waals surface area (Å²) in [4.78, 5) is 28.8. The first-order valence-electron chi connectivity index (χ1n) is 8.72. The molecular formula is C17H30N2O4. The van der Waals surface area contributed by atoms with Gasteiger partial charge in [-0.25, -0.2) is 9.59 Å². The molecular weight excluding hydrogens is 296 g/mol. The van der Waals surface area contributed by atoms with E-state index in [2.05, 4.69) is 4.90 Å². The van der Waals surface area contributed by atoms with E-state index in [1.807, 2.05) is 20.8 Å². The van der Waals surface area contributed by atoms with Gasteiger partial charge in [-0.2, -0.15) is 0 Å².